The summed E-state index contributed by atoms with van der Waals surface area (Å²) in [5, 5.41) is 7.46. The van der Waals surface area contributed by atoms with Gasteiger partial charge in [-0.05, 0) is 37.1 Å². The SMILES string of the molecule is c1ccc(N[C@@H]2CCCCC[C@H]2Nc2ccccc2)cc1. The number of nitrogens with one attached hydrogen (secondary N) is 2. The molecule has 2 heteroatoms. The average molecular weight is 280 g/mol. The topological polar surface area (TPSA) is 24.1 Å². The number of rotatable bonds is 4. The van der Waals surface area contributed by atoms with Gasteiger partial charge in [-0.15, -0.1) is 0 Å². The molecule has 0 spiro atoms. The molecule has 1 aliphatic carbocycles. The van der Waals surface area contributed by atoms with Gasteiger partial charge < -0.3 is 10.6 Å². The van der Waals surface area contributed by atoms with Crippen LogP contribution in [0.25, 0.3) is 0 Å². The van der Waals surface area contributed by atoms with Crippen LogP contribution in [0.2, 0.25) is 0 Å². The number of benzene rings is 2. The number of anilines is 2. The third kappa shape index (κ3) is 4.01. The molecular weight excluding hydrogens is 256 g/mol. The van der Waals surface area contributed by atoms with E-state index >= 15 is 0 Å². The second kappa shape index (κ2) is 7.16. The zero-order valence-corrected chi connectivity index (χ0v) is 12.5. The molecule has 0 saturated heterocycles. The summed E-state index contributed by atoms with van der Waals surface area (Å²) in [6.07, 6.45) is 6.45. The summed E-state index contributed by atoms with van der Waals surface area (Å²) in [6.45, 7) is 0. The van der Waals surface area contributed by atoms with Gasteiger partial charge >= 0.3 is 0 Å². The van der Waals surface area contributed by atoms with Gasteiger partial charge in [-0.1, -0.05) is 55.7 Å². The lowest BCUT2D eigenvalue weighted by molar-refractivity contribution is 0.559. The van der Waals surface area contributed by atoms with Crippen LogP contribution in [0.5, 0.6) is 0 Å². The van der Waals surface area contributed by atoms with Crippen LogP contribution >= 0.6 is 0 Å². The maximum absolute atomic E-state index is 3.73. The summed E-state index contributed by atoms with van der Waals surface area (Å²) in [6, 6.07) is 22.1. The van der Waals surface area contributed by atoms with Crippen molar-refractivity contribution in [2.24, 2.45) is 0 Å². The van der Waals surface area contributed by atoms with Crippen LogP contribution < -0.4 is 10.6 Å². The van der Waals surface area contributed by atoms with E-state index in [1.54, 1.807) is 0 Å². The molecule has 1 aliphatic rings. The fourth-order valence-electron chi connectivity index (χ4n) is 3.15. The molecule has 21 heavy (non-hydrogen) atoms. The van der Waals surface area contributed by atoms with Crippen molar-refractivity contribution in [3.8, 4) is 0 Å². The minimum Gasteiger partial charge on any atom is -0.380 e. The minimum atomic E-state index is 0.495. The fraction of sp³-hybridized carbons (Fsp3) is 0.368. The van der Waals surface area contributed by atoms with Crippen LogP contribution in [-0.4, -0.2) is 12.1 Å². The van der Waals surface area contributed by atoms with E-state index in [0.717, 1.165) is 0 Å². The van der Waals surface area contributed by atoms with Crippen LogP contribution in [0.15, 0.2) is 60.7 Å². The quantitative estimate of drug-likeness (QED) is 0.777. The monoisotopic (exact) mass is 280 g/mol. The Morgan fingerprint density at radius 3 is 1.43 bits per heavy atom. The van der Waals surface area contributed by atoms with Gasteiger partial charge in [-0.3, -0.25) is 0 Å². The van der Waals surface area contributed by atoms with Crippen molar-refractivity contribution in [2.75, 3.05) is 10.6 Å². The molecule has 0 unspecified atom stereocenters. The maximum Gasteiger partial charge on any atom is 0.0462 e. The lowest BCUT2D eigenvalue weighted by Gasteiger charge is -2.29. The van der Waals surface area contributed by atoms with E-state index in [4.69, 9.17) is 0 Å². The lowest BCUT2D eigenvalue weighted by atomic mass is 10.0. The van der Waals surface area contributed by atoms with Crippen LogP contribution in [-0.2, 0) is 0 Å². The largest absolute Gasteiger partial charge is 0.380 e. The molecule has 2 atom stereocenters. The van der Waals surface area contributed by atoms with E-state index in [1.165, 1.54) is 43.5 Å². The Labute approximate surface area is 127 Å². The van der Waals surface area contributed by atoms with Crippen molar-refractivity contribution in [1.29, 1.82) is 0 Å². The number of para-hydroxylation sites is 2. The molecule has 0 bridgehead atoms. The molecule has 3 rings (SSSR count). The maximum atomic E-state index is 3.73. The molecule has 2 aromatic rings. The van der Waals surface area contributed by atoms with Crippen molar-refractivity contribution in [3.05, 3.63) is 60.7 Å². The predicted octanol–water partition coefficient (Wildman–Crippen LogP) is 4.91. The summed E-state index contributed by atoms with van der Waals surface area (Å²) < 4.78 is 0. The van der Waals surface area contributed by atoms with Crippen molar-refractivity contribution in [3.63, 3.8) is 0 Å². The first kappa shape index (κ1) is 14.0. The van der Waals surface area contributed by atoms with E-state index in [1.807, 2.05) is 0 Å². The second-order valence-corrected chi connectivity index (χ2v) is 5.87. The van der Waals surface area contributed by atoms with Crippen LogP contribution in [0, 0.1) is 0 Å². The number of hydrogen-bond acceptors (Lipinski definition) is 2. The molecule has 1 fully saturated rings. The van der Waals surface area contributed by atoms with Crippen LogP contribution in [0.4, 0.5) is 11.4 Å². The Morgan fingerprint density at radius 1 is 0.571 bits per heavy atom. The minimum absolute atomic E-state index is 0.495. The molecule has 2 N–H and O–H groups in total. The summed E-state index contributed by atoms with van der Waals surface area (Å²) in [7, 11) is 0. The standard InChI is InChI=1S/C19H24N2/c1-4-10-16(11-5-1)20-18-14-8-3-9-15-19(18)21-17-12-6-2-7-13-17/h1-2,4-7,10-13,18-21H,3,8-9,14-15H2/t18-,19-/m1/s1. The van der Waals surface area contributed by atoms with Gasteiger partial charge in [0.1, 0.15) is 0 Å². The Balaban J connectivity index is 1.71. The highest BCUT2D eigenvalue weighted by Crippen LogP contribution is 2.24. The van der Waals surface area contributed by atoms with E-state index < -0.39 is 0 Å². The Hall–Kier alpha value is -1.96. The average Bonchev–Trinajstić information content (AvgIpc) is 2.75. The molecule has 2 nitrogen and oxygen atoms in total. The fourth-order valence-corrected chi connectivity index (χ4v) is 3.15. The highest BCUT2D eigenvalue weighted by Gasteiger charge is 2.23. The van der Waals surface area contributed by atoms with Crippen molar-refractivity contribution >= 4 is 11.4 Å². The summed E-state index contributed by atoms with van der Waals surface area (Å²) >= 11 is 0. The summed E-state index contributed by atoms with van der Waals surface area (Å²) in [5.41, 5.74) is 2.45. The Bertz CT molecular complexity index is 474. The molecule has 2 aromatic carbocycles. The third-order valence-corrected chi connectivity index (χ3v) is 4.27. The zero-order valence-electron chi connectivity index (χ0n) is 12.5. The molecule has 0 amide bonds. The van der Waals surface area contributed by atoms with E-state index in [9.17, 15) is 0 Å². The molecule has 0 heterocycles. The molecule has 110 valence electrons. The second-order valence-electron chi connectivity index (χ2n) is 5.87. The van der Waals surface area contributed by atoms with Gasteiger partial charge in [0, 0.05) is 23.5 Å². The highest BCUT2D eigenvalue weighted by molar-refractivity contribution is 5.47. The van der Waals surface area contributed by atoms with E-state index in [2.05, 4.69) is 71.3 Å². The molecule has 0 aromatic heterocycles. The van der Waals surface area contributed by atoms with Gasteiger partial charge in [0.15, 0.2) is 0 Å². The van der Waals surface area contributed by atoms with Gasteiger partial charge in [0.25, 0.3) is 0 Å². The molecule has 1 saturated carbocycles. The Kier molecular flexibility index (Phi) is 4.78. The normalized spacial score (nSPS) is 22.3. The van der Waals surface area contributed by atoms with E-state index in [-0.39, 0.29) is 0 Å². The highest BCUT2D eigenvalue weighted by atomic mass is 15.0. The van der Waals surface area contributed by atoms with Gasteiger partial charge in [-0.25, -0.2) is 0 Å². The molecule has 0 radical (unpaired) electrons. The van der Waals surface area contributed by atoms with Gasteiger partial charge in [0.2, 0.25) is 0 Å². The lowest BCUT2D eigenvalue weighted by Crippen LogP contribution is -2.38. The van der Waals surface area contributed by atoms with Crippen molar-refractivity contribution in [2.45, 2.75) is 44.2 Å². The zero-order chi connectivity index (χ0) is 14.3. The summed E-state index contributed by atoms with van der Waals surface area (Å²) in [5.74, 6) is 0. The van der Waals surface area contributed by atoms with Crippen molar-refractivity contribution < 1.29 is 0 Å². The van der Waals surface area contributed by atoms with Crippen LogP contribution in [0.3, 0.4) is 0 Å². The first-order valence-electron chi connectivity index (χ1n) is 8.05. The van der Waals surface area contributed by atoms with E-state index in [0.29, 0.717) is 12.1 Å². The van der Waals surface area contributed by atoms with Crippen LogP contribution in [0.1, 0.15) is 32.1 Å². The molecule has 0 aliphatic heterocycles. The molecular formula is C19H24N2. The van der Waals surface area contributed by atoms with Gasteiger partial charge in [-0.2, -0.15) is 0 Å². The predicted molar refractivity (Wildman–Crippen MR) is 90.8 cm³/mol. The summed E-state index contributed by atoms with van der Waals surface area (Å²) in [4.78, 5) is 0. The third-order valence-electron chi connectivity index (χ3n) is 4.27. The Morgan fingerprint density at radius 2 is 1.00 bits per heavy atom. The number of hydrogen-bond donors (Lipinski definition) is 2. The first-order chi connectivity index (χ1) is 10.4. The van der Waals surface area contributed by atoms with Gasteiger partial charge in [0.05, 0.1) is 0 Å². The first-order valence-corrected chi connectivity index (χ1v) is 8.05. The smallest absolute Gasteiger partial charge is 0.0462 e. The van der Waals surface area contributed by atoms with Crippen molar-refractivity contribution in [1.82, 2.24) is 0 Å².